The summed E-state index contributed by atoms with van der Waals surface area (Å²) in [4.78, 5) is 34.5. The maximum absolute atomic E-state index is 12.1. The van der Waals surface area contributed by atoms with Crippen molar-refractivity contribution in [3.8, 4) is 0 Å². The molecule has 2 saturated carbocycles. The predicted octanol–water partition coefficient (Wildman–Crippen LogP) is -0.133. The Labute approximate surface area is 124 Å². The maximum atomic E-state index is 12.1. The van der Waals surface area contributed by atoms with E-state index in [9.17, 15) is 14.4 Å². The van der Waals surface area contributed by atoms with Crippen LogP contribution in [0.1, 0.15) is 19.3 Å². The third kappa shape index (κ3) is 3.86. The standard InChI is InChI=1S/C14H23N3O4/c1-15-12(18)11-5-9(11)7-16-13(19)10-4-3-8(10)6-17-14(20)21-2/h8-11H,3-7H2,1-2H3,(H,15,18)(H,16,19)(H,17,20). The van der Waals surface area contributed by atoms with Crippen molar-refractivity contribution < 1.29 is 19.1 Å². The molecule has 4 unspecified atom stereocenters. The van der Waals surface area contributed by atoms with E-state index < -0.39 is 6.09 Å². The molecular formula is C14H23N3O4. The summed E-state index contributed by atoms with van der Waals surface area (Å²) in [6.45, 7) is 1.03. The predicted molar refractivity (Wildman–Crippen MR) is 75.3 cm³/mol. The fourth-order valence-corrected chi connectivity index (χ4v) is 2.79. The van der Waals surface area contributed by atoms with Crippen molar-refractivity contribution in [1.29, 1.82) is 0 Å². The lowest BCUT2D eigenvalue weighted by atomic mass is 9.73. The van der Waals surface area contributed by atoms with Gasteiger partial charge in [0.05, 0.1) is 7.11 Å². The van der Waals surface area contributed by atoms with Crippen LogP contribution >= 0.6 is 0 Å². The summed E-state index contributed by atoms with van der Waals surface area (Å²) >= 11 is 0. The van der Waals surface area contributed by atoms with E-state index in [0.29, 0.717) is 13.1 Å². The zero-order valence-electron chi connectivity index (χ0n) is 12.5. The second-order valence-corrected chi connectivity index (χ2v) is 5.78. The highest BCUT2D eigenvalue weighted by molar-refractivity contribution is 5.82. The Hall–Kier alpha value is -1.79. The van der Waals surface area contributed by atoms with Crippen molar-refractivity contribution in [2.24, 2.45) is 23.7 Å². The summed E-state index contributed by atoms with van der Waals surface area (Å²) in [5.74, 6) is 0.532. The van der Waals surface area contributed by atoms with Gasteiger partial charge in [0.25, 0.3) is 0 Å². The largest absolute Gasteiger partial charge is 0.453 e. The van der Waals surface area contributed by atoms with Crippen LogP contribution < -0.4 is 16.0 Å². The number of carbonyl (C=O) groups is 3. The molecule has 0 heterocycles. The van der Waals surface area contributed by atoms with E-state index in [-0.39, 0.29) is 35.5 Å². The maximum Gasteiger partial charge on any atom is 0.406 e. The number of ether oxygens (including phenoxy) is 1. The van der Waals surface area contributed by atoms with Gasteiger partial charge in [-0.3, -0.25) is 9.59 Å². The molecule has 2 rings (SSSR count). The van der Waals surface area contributed by atoms with Gasteiger partial charge in [0.2, 0.25) is 11.8 Å². The van der Waals surface area contributed by atoms with E-state index in [0.717, 1.165) is 19.3 Å². The molecule has 0 saturated heterocycles. The number of methoxy groups -OCH3 is 1. The third-order valence-corrected chi connectivity index (χ3v) is 4.49. The van der Waals surface area contributed by atoms with Gasteiger partial charge >= 0.3 is 6.09 Å². The molecule has 0 spiro atoms. The lowest BCUT2D eigenvalue weighted by Crippen LogP contribution is -2.46. The van der Waals surface area contributed by atoms with Gasteiger partial charge in [-0.15, -0.1) is 0 Å². The van der Waals surface area contributed by atoms with E-state index in [1.54, 1.807) is 7.05 Å². The van der Waals surface area contributed by atoms with Crippen molar-refractivity contribution in [2.75, 3.05) is 27.2 Å². The quantitative estimate of drug-likeness (QED) is 0.636. The first-order valence-corrected chi connectivity index (χ1v) is 7.38. The van der Waals surface area contributed by atoms with Crippen LogP contribution in [0.15, 0.2) is 0 Å². The summed E-state index contributed by atoms with van der Waals surface area (Å²) < 4.78 is 4.51. The minimum Gasteiger partial charge on any atom is -0.453 e. The zero-order valence-corrected chi connectivity index (χ0v) is 12.5. The van der Waals surface area contributed by atoms with Crippen LogP contribution in [-0.4, -0.2) is 45.2 Å². The Morgan fingerprint density at radius 2 is 1.71 bits per heavy atom. The van der Waals surface area contributed by atoms with Gasteiger partial charge in [-0.05, 0) is 31.1 Å². The fraction of sp³-hybridized carbons (Fsp3) is 0.786. The van der Waals surface area contributed by atoms with Crippen molar-refractivity contribution in [3.63, 3.8) is 0 Å². The highest BCUT2D eigenvalue weighted by Crippen LogP contribution is 2.38. The van der Waals surface area contributed by atoms with Crippen LogP contribution in [0.4, 0.5) is 4.79 Å². The van der Waals surface area contributed by atoms with Gasteiger partial charge in [-0.25, -0.2) is 4.79 Å². The summed E-state index contributed by atoms with van der Waals surface area (Å²) in [6, 6.07) is 0. The van der Waals surface area contributed by atoms with Crippen LogP contribution in [0.2, 0.25) is 0 Å². The van der Waals surface area contributed by atoms with Gasteiger partial charge in [-0.1, -0.05) is 0 Å². The van der Waals surface area contributed by atoms with E-state index in [2.05, 4.69) is 20.7 Å². The first-order valence-electron chi connectivity index (χ1n) is 7.38. The van der Waals surface area contributed by atoms with Crippen molar-refractivity contribution in [2.45, 2.75) is 19.3 Å². The molecule has 2 fully saturated rings. The summed E-state index contributed by atoms with van der Waals surface area (Å²) in [7, 11) is 2.95. The molecule has 7 nitrogen and oxygen atoms in total. The summed E-state index contributed by atoms with van der Waals surface area (Å²) in [6.07, 6.45) is 2.17. The molecule has 4 atom stereocenters. The highest BCUT2D eigenvalue weighted by Gasteiger charge is 2.43. The Morgan fingerprint density at radius 3 is 2.29 bits per heavy atom. The first-order chi connectivity index (χ1) is 10.1. The number of carbonyl (C=O) groups excluding carboxylic acids is 3. The van der Waals surface area contributed by atoms with Crippen molar-refractivity contribution in [1.82, 2.24) is 16.0 Å². The topological polar surface area (TPSA) is 96.5 Å². The lowest BCUT2D eigenvalue weighted by Gasteiger charge is -2.35. The Bertz CT molecular complexity index is 426. The number of nitrogens with one attached hydrogen (secondary N) is 3. The molecule has 7 heteroatoms. The normalized spacial score (nSPS) is 29.8. The molecule has 2 aliphatic carbocycles. The van der Waals surface area contributed by atoms with Crippen LogP contribution in [0.5, 0.6) is 0 Å². The Kier molecular flexibility index (Phi) is 5.03. The van der Waals surface area contributed by atoms with Gasteiger partial charge in [0, 0.05) is 32.0 Å². The molecule has 0 aliphatic heterocycles. The molecule has 118 valence electrons. The van der Waals surface area contributed by atoms with E-state index in [1.807, 2.05) is 0 Å². The zero-order chi connectivity index (χ0) is 15.4. The molecule has 2 aliphatic rings. The number of alkyl carbamates (subject to hydrolysis) is 1. The van der Waals surface area contributed by atoms with Crippen LogP contribution in [0.25, 0.3) is 0 Å². The monoisotopic (exact) mass is 297 g/mol. The summed E-state index contributed by atoms with van der Waals surface area (Å²) in [5.41, 5.74) is 0. The average Bonchev–Trinajstić information content (AvgIpc) is 3.22. The summed E-state index contributed by atoms with van der Waals surface area (Å²) in [5, 5.41) is 8.18. The van der Waals surface area contributed by atoms with E-state index >= 15 is 0 Å². The molecule has 0 radical (unpaired) electrons. The fourth-order valence-electron chi connectivity index (χ4n) is 2.79. The number of hydrogen-bond donors (Lipinski definition) is 3. The smallest absolute Gasteiger partial charge is 0.406 e. The van der Waals surface area contributed by atoms with Gasteiger partial charge in [0.15, 0.2) is 0 Å². The number of amides is 3. The number of hydrogen-bond acceptors (Lipinski definition) is 4. The SMILES string of the molecule is CNC(=O)C1CC1CNC(=O)C1CCC1CNC(=O)OC. The van der Waals surface area contributed by atoms with E-state index in [4.69, 9.17) is 0 Å². The second kappa shape index (κ2) is 6.78. The molecule has 3 N–H and O–H groups in total. The molecule has 3 amide bonds. The lowest BCUT2D eigenvalue weighted by molar-refractivity contribution is -0.130. The second-order valence-electron chi connectivity index (χ2n) is 5.78. The number of rotatable bonds is 6. The first kappa shape index (κ1) is 15.6. The van der Waals surface area contributed by atoms with Gasteiger partial charge in [0.1, 0.15) is 0 Å². The Morgan fingerprint density at radius 1 is 1.00 bits per heavy atom. The Balaban J connectivity index is 1.65. The average molecular weight is 297 g/mol. The van der Waals surface area contributed by atoms with Gasteiger partial charge < -0.3 is 20.7 Å². The van der Waals surface area contributed by atoms with Gasteiger partial charge in [-0.2, -0.15) is 0 Å². The van der Waals surface area contributed by atoms with Crippen molar-refractivity contribution >= 4 is 17.9 Å². The molecular weight excluding hydrogens is 274 g/mol. The third-order valence-electron chi connectivity index (χ3n) is 4.49. The molecule has 0 aromatic rings. The minimum atomic E-state index is -0.465. The van der Waals surface area contributed by atoms with Crippen LogP contribution in [0, 0.1) is 23.7 Å². The molecule has 0 aromatic carbocycles. The van der Waals surface area contributed by atoms with Crippen molar-refractivity contribution in [3.05, 3.63) is 0 Å². The molecule has 0 aromatic heterocycles. The minimum absolute atomic E-state index is 0.0282. The molecule has 21 heavy (non-hydrogen) atoms. The molecule has 0 bridgehead atoms. The highest BCUT2D eigenvalue weighted by atomic mass is 16.5. The van der Waals surface area contributed by atoms with Crippen LogP contribution in [-0.2, 0) is 14.3 Å². The van der Waals surface area contributed by atoms with Crippen LogP contribution in [0.3, 0.4) is 0 Å². The van der Waals surface area contributed by atoms with E-state index in [1.165, 1.54) is 7.11 Å².